The number of carbonyl (C=O) groups excluding carboxylic acids is 2. The molecule has 0 aromatic heterocycles. The molecule has 2 aliphatic rings. The lowest BCUT2D eigenvalue weighted by molar-refractivity contribution is -0.169. The van der Waals surface area contributed by atoms with E-state index < -0.39 is 0 Å². The van der Waals surface area contributed by atoms with Gasteiger partial charge in [-0.3, -0.25) is 9.59 Å². The summed E-state index contributed by atoms with van der Waals surface area (Å²) in [5.74, 6) is 0.0806. The molecular weight excluding hydrogens is 260 g/mol. The Balaban J connectivity index is 1.95. The van der Waals surface area contributed by atoms with Crippen molar-refractivity contribution in [3.05, 3.63) is 0 Å². The van der Waals surface area contributed by atoms with Crippen molar-refractivity contribution < 1.29 is 19.1 Å². The van der Waals surface area contributed by atoms with Crippen LogP contribution in [0.2, 0.25) is 0 Å². The molecule has 0 N–H and O–H groups in total. The summed E-state index contributed by atoms with van der Waals surface area (Å²) in [6, 6.07) is 0. The van der Waals surface area contributed by atoms with E-state index in [1.165, 1.54) is 0 Å². The summed E-state index contributed by atoms with van der Waals surface area (Å²) in [6.07, 6.45) is 1.31. The van der Waals surface area contributed by atoms with Gasteiger partial charge in [0.05, 0.1) is 24.9 Å². The number of morpholine rings is 1. The molecule has 2 aliphatic heterocycles. The molecule has 0 aliphatic carbocycles. The molecule has 0 saturated carbocycles. The highest BCUT2D eigenvalue weighted by atomic mass is 16.5. The van der Waals surface area contributed by atoms with Crippen LogP contribution in [0.15, 0.2) is 0 Å². The molecule has 1 atom stereocenters. The highest BCUT2D eigenvalue weighted by molar-refractivity contribution is 5.86. The Morgan fingerprint density at radius 3 is 2.85 bits per heavy atom. The molecule has 6 heteroatoms. The van der Waals surface area contributed by atoms with E-state index in [1.807, 2.05) is 13.8 Å². The molecule has 2 amide bonds. The van der Waals surface area contributed by atoms with Gasteiger partial charge in [0.25, 0.3) is 0 Å². The maximum atomic E-state index is 12.4. The summed E-state index contributed by atoms with van der Waals surface area (Å²) in [4.78, 5) is 27.4. The van der Waals surface area contributed by atoms with Crippen molar-refractivity contribution in [1.82, 2.24) is 9.80 Å². The Bertz CT molecular complexity index is 383. The monoisotopic (exact) mass is 284 g/mol. The highest BCUT2D eigenvalue weighted by Gasteiger charge is 2.36. The lowest BCUT2D eigenvalue weighted by atomic mass is 10.1. The minimum absolute atomic E-state index is 0.00210. The molecule has 0 spiro atoms. The van der Waals surface area contributed by atoms with Crippen molar-refractivity contribution in [2.75, 3.05) is 39.9 Å². The Morgan fingerprint density at radius 2 is 2.25 bits per heavy atom. The topological polar surface area (TPSA) is 59.1 Å². The first-order valence-electron chi connectivity index (χ1n) is 7.13. The van der Waals surface area contributed by atoms with Gasteiger partial charge in [0, 0.05) is 33.2 Å². The molecule has 2 saturated heterocycles. The zero-order valence-corrected chi connectivity index (χ0v) is 12.6. The fraction of sp³-hybridized carbons (Fsp3) is 0.857. The smallest absolute Gasteiger partial charge is 0.242 e. The number of rotatable bonds is 4. The summed E-state index contributed by atoms with van der Waals surface area (Å²) in [6.45, 7) is 6.36. The number of hydrogen-bond acceptors (Lipinski definition) is 4. The fourth-order valence-corrected chi connectivity index (χ4v) is 2.89. The molecule has 2 fully saturated rings. The third-order valence-electron chi connectivity index (χ3n) is 3.68. The van der Waals surface area contributed by atoms with Gasteiger partial charge in [0.2, 0.25) is 11.8 Å². The predicted molar refractivity (Wildman–Crippen MR) is 73.2 cm³/mol. The molecule has 2 rings (SSSR count). The van der Waals surface area contributed by atoms with Crippen molar-refractivity contribution in [2.24, 2.45) is 0 Å². The molecule has 114 valence electrons. The SMILES string of the molecule is COC[C@@H]1CN(C(=O)CN2CCCC2=O)CC(C)(C)O1. The van der Waals surface area contributed by atoms with Crippen LogP contribution in [0.5, 0.6) is 0 Å². The Hall–Kier alpha value is -1.14. The summed E-state index contributed by atoms with van der Waals surface area (Å²) in [7, 11) is 1.63. The Morgan fingerprint density at radius 1 is 1.50 bits per heavy atom. The Kier molecular flexibility index (Phi) is 4.65. The lowest BCUT2D eigenvalue weighted by Gasteiger charge is -2.43. The van der Waals surface area contributed by atoms with Gasteiger partial charge in [0.15, 0.2) is 0 Å². The van der Waals surface area contributed by atoms with Gasteiger partial charge >= 0.3 is 0 Å². The number of methoxy groups -OCH3 is 1. The molecule has 6 nitrogen and oxygen atoms in total. The zero-order valence-electron chi connectivity index (χ0n) is 12.6. The average molecular weight is 284 g/mol. The van der Waals surface area contributed by atoms with Crippen LogP contribution in [0, 0.1) is 0 Å². The van der Waals surface area contributed by atoms with Crippen molar-refractivity contribution in [3.8, 4) is 0 Å². The number of carbonyl (C=O) groups is 2. The third kappa shape index (κ3) is 3.70. The van der Waals surface area contributed by atoms with Gasteiger partial charge in [-0.15, -0.1) is 0 Å². The minimum atomic E-state index is -0.383. The van der Waals surface area contributed by atoms with Crippen molar-refractivity contribution in [3.63, 3.8) is 0 Å². The normalized spacial score (nSPS) is 26.1. The van der Waals surface area contributed by atoms with E-state index in [1.54, 1.807) is 16.9 Å². The molecule has 2 heterocycles. The van der Waals surface area contributed by atoms with E-state index in [0.717, 1.165) is 6.42 Å². The second kappa shape index (κ2) is 6.10. The first-order chi connectivity index (χ1) is 9.41. The van der Waals surface area contributed by atoms with Crippen molar-refractivity contribution in [2.45, 2.75) is 38.4 Å². The van der Waals surface area contributed by atoms with Crippen LogP contribution >= 0.6 is 0 Å². The zero-order chi connectivity index (χ0) is 14.8. The van der Waals surface area contributed by atoms with Gasteiger partial charge in [-0.2, -0.15) is 0 Å². The molecular formula is C14H24N2O4. The predicted octanol–water partition coefficient (Wildman–Crippen LogP) is 0.261. The standard InChI is InChI=1S/C14H24N2O4/c1-14(2)10-16(7-11(20-14)9-19-3)13(18)8-15-6-4-5-12(15)17/h11H,4-10H2,1-3H3/t11-/m0/s1. The maximum Gasteiger partial charge on any atom is 0.242 e. The number of ether oxygens (including phenoxy) is 2. The second-order valence-corrected chi connectivity index (χ2v) is 6.15. The van der Waals surface area contributed by atoms with Crippen LogP contribution in [0.3, 0.4) is 0 Å². The first kappa shape index (κ1) is 15.3. The van der Waals surface area contributed by atoms with Gasteiger partial charge in [-0.1, -0.05) is 0 Å². The molecule has 20 heavy (non-hydrogen) atoms. The average Bonchev–Trinajstić information content (AvgIpc) is 2.73. The molecule has 0 aromatic carbocycles. The van der Waals surface area contributed by atoms with Crippen LogP contribution in [0.1, 0.15) is 26.7 Å². The number of amides is 2. The van der Waals surface area contributed by atoms with E-state index in [4.69, 9.17) is 9.47 Å². The number of nitrogens with zero attached hydrogens (tertiary/aromatic N) is 2. The van der Waals surface area contributed by atoms with Crippen molar-refractivity contribution in [1.29, 1.82) is 0 Å². The number of hydrogen-bond donors (Lipinski definition) is 0. The largest absolute Gasteiger partial charge is 0.382 e. The molecule has 0 bridgehead atoms. The highest BCUT2D eigenvalue weighted by Crippen LogP contribution is 2.22. The van der Waals surface area contributed by atoms with Crippen LogP contribution in [-0.2, 0) is 19.1 Å². The van der Waals surface area contributed by atoms with Crippen LogP contribution < -0.4 is 0 Å². The first-order valence-corrected chi connectivity index (χ1v) is 7.13. The third-order valence-corrected chi connectivity index (χ3v) is 3.68. The van der Waals surface area contributed by atoms with Gasteiger partial charge in [0.1, 0.15) is 0 Å². The van der Waals surface area contributed by atoms with Crippen molar-refractivity contribution >= 4 is 11.8 Å². The Labute approximate surface area is 120 Å². The minimum Gasteiger partial charge on any atom is -0.382 e. The van der Waals surface area contributed by atoms with E-state index in [-0.39, 0.29) is 30.1 Å². The quantitative estimate of drug-likeness (QED) is 0.743. The van der Waals surface area contributed by atoms with Gasteiger partial charge < -0.3 is 19.3 Å². The molecule has 0 unspecified atom stereocenters. The summed E-state index contributed by atoms with van der Waals surface area (Å²) >= 11 is 0. The second-order valence-electron chi connectivity index (χ2n) is 6.15. The molecule has 0 aromatic rings. The summed E-state index contributed by atoms with van der Waals surface area (Å²) in [5, 5.41) is 0. The van der Waals surface area contributed by atoms with Gasteiger partial charge in [-0.05, 0) is 20.3 Å². The maximum absolute atomic E-state index is 12.4. The lowest BCUT2D eigenvalue weighted by Crippen LogP contribution is -2.57. The van der Waals surface area contributed by atoms with Crippen LogP contribution in [0.4, 0.5) is 0 Å². The number of likely N-dealkylation sites (tertiary alicyclic amines) is 1. The summed E-state index contributed by atoms with van der Waals surface area (Å²) in [5.41, 5.74) is -0.383. The van der Waals surface area contributed by atoms with Gasteiger partial charge in [-0.25, -0.2) is 0 Å². The summed E-state index contributed by atoms with van der Waals surface area (Å²) < 4.78 is 11.0. The van der Waals surface area contributed by atoms with Crippen LogP contribution in [-0.4, -0.2) is 73.2 Å². The van der Waals surface area contributed by atoms with E-state index >= 15 is 0 Å². The van der Waals surface area contributed by atoms with E-state index in [9.17, 15) is 9.59 Å². The molecule has 0 radical (unpaired) electrons. The van der Waals surface area contributed by atoms with E-state index in [2.05, 4.69) is 0 Å². The van der Waals surface area contributed by atoms with E-state index in [0.29, 0.717) is 32.7 Å². The van der Waals surface area contributed by atoms with Crippen LogP contribution in [0.25, 0.3) is 0 Å². The fourth-order valence-electron chi connectivity index (χ4n) is 2.89.